The fourth-order valence-electron chi connectivity index (χ4n) is 3.08. The Morgan fingerprint density at radius 2 is 1.81 bits per heavy atom. The molecule has 3 heterocycles. The lowest BCUT2D eigenvalue weighted by atomic mass is 10.2. The topological polar surface area (TPSA) is 97.6 Å². The molecule has 0 atom stereocenters. The molecule has 3 aromatic heterocycles. The van der Waals surface area contributed by atoms with E-state index >= 15 is 0 Å². The van der Waals surface area contributed by atoms with Gasteiger partial charge in [0.2, 0.25) is 0 Å². The molecule has 0 aliphatic rings. The van der Waals surface area contributed by atoms with E-state index in [-0.39, 0.29) is 5.91 Å². The van der Waals surface area contributed by atoms with E-state index < -0.39 is 0 Å². The molecular formula is C22H17N7OS. The number of hydrogen-bond donors (Lipinski definition) is 2. The van der Waals surface area contributed by atoms with E-state index in [0.29, 0.717) is 22.3 Å². The number of carbonyl (C=O) groups excluding carboxylic acids is 1. The molecule has 5 aromatic rings. The maximum atomic E-state index is 12.5. The Morgan fingerprint density at radius 1 is 1.00 bits per heavy atom. The molecule has 5 rings (SSSR count). The van der Waals surface area contributed by atoms with Crippen LogP contribution in [0.1, 0.15) is 15.6 Å². The molecule has 0 aliphatic heterocycles. The molecular weight excluding hydrogens is 410 g/mol. The van der Waals surface area contributed by atoms with Gasteiger partial charge in [-0.05, 0) is 43.3 Å². The van der Waals surface area contributed by atoms with Crippen LogP contribution in [0.2, 0.25) is 0 Å². The zero-order chi connectivity index (χ0) is 21.2. The summed E-state index contributed by atoms with van der Waals surface area (Å²) in [6.07, 6.45) is 5.22. The van der Waals surface area contributed by atoms with Gasteiger partial charge in [0, 0.05) is 29.8 Å². The Labute approximate surface area is 181 Å². The molecule has 152 valence electrons. The van der Waals surface area contributed by atoms with Crippen molar-refractivity contribution in [3.63, 3.8) is 0 Å². The molecule has 31 heavy (non-hydrogen) atoms. The highest BCUT2D eigenvalue weighted by Gasteiger charge is 2.12. The van der Waals surface area contributed by atoms with Crippen molar-refractivity contribution in [3.05, 3.63) is 84.2 Å². The monoisotopic (exact) mass is 427 g/mol. The van der Waals surface area contributed by atoms with Crippen LogP contribution in [0.5, 0.6) is 0 Å². The van der Waals surface area contributed by atoms with Gasteiger partial charge in [-0.1, -0.05) is 12.1 Å². The van der Waals surface area contributed by atoms with Gasteiger partial charge in [0.15, 0.2) is 5.01 Å². The number of fused-ring (bicyclic) bond motifs is 1. The quantitative estimate of drug-likeness (QED) is 0.426. The predicted molar refractivity (Wildman–Crippen MR) is 121 cm³/mol. The lowest BCUT2D eigenvalue weighted by Crippen LogP contribution is -2.11. The molecule has 0 radical (unpaired) electrons. The second kappa shape index (κ2) is 7.96. The molecule has 0 fully saturated rings. The van der Waals surface area contributed by atoms with Gasteiger partial charge in [-0.2, -0.15) is 0 Å². The maximum absolute atomic E-state index is 12.5. The Bertz CT molecular complexity index is 1330. The summed E-state index contributed by atoms with van der Waals surface area (Å²) in [7, 11) is 0. The van der Waals surface area contributed by atoms with E-state index in [0.717, 1.165) is 21.7 Å². The zero-order valence-corrected chi connectivity index (χ0v) is 17.3. The molecule has 0 aliphatic carbocycles. The summed E-state index contributed by atoms with van der Waals surface area (Å²) in [6, 6.07) is 17.0. The number of rotatable bonds is 5. The maximum Gasteiger partial charge on any atom is 0.284 e. The Morgan fingerprint density at radius 3 is 2.58 bits per heavy atom. The smallest absolute Gasteiger partial charge is 0.284 e. The third kappa shape index (κ3) is 4.12. The first-order valence-corrected chi connectivity index (χ1v) is 10.3. The summed E-state index contributed by atoms with van der Waals surface area (Å²) in [4.78, 5) is 29.9. The van der Waals surface area contributed by atoms with Crippen LogP contribution < -0.4 is 10.6 Å². The minimum Gasteiger partial charge on any atom is -0.340 e. The number of benzene rings is 2. The number of carbonyl (C=O) groups is 1. The van der Waals surface area contributed by atoms with E-state index in [1.807, 2.05) is 72.3 Å². The van der Waals surface area contributed by atoms with Crippen LogP contribution in [0.3, 0.4) is 0 Å². The molecule has 2 N–H and O–H groups in total. The molecule has 9 heteroatoms. The van der Waals surface area contributed by atoms with Crippen molar-refractivity contribution in [2.75, 3.05) is 10.6 Å². The van der Waals surface area contributed by atoms with Crippen LogP contribution in [0, 0.1) is 6.92 Å². The van der Waals surface area contributed by atoms with Crippen molar-refractivity contribution < 1.29 is 4.79 Å². The molecule has 8 nitrogen and oxygen atoms in total. The third-order valence-electron chi connectivity index (χ3n) is 4.50. The Balaban J connectivity index is 1.29. The number of thiazole rings is 1. The number of para-hydroxylation sites is 1. The average Bonchev–Trinajstić information content (AvgIpc) is 3.45. The van der Waals surface area contributed by atoms with Gasteiger partial charge in [0.1, 0.15) is 23.8 Å². The van der Waals surface area contributed by atoms with E-state index in [4.69, 9.17) is 0 Å². The van der Waals surface area contributed by atoms with Gasteiger partial charge in [-0.25, -0.2) is 19.9 Å². The lowest BCUT2D eigenvalue weighted by molar-refractivity contribution is 0.102. The van der Waals surface area contributed by atoms with Gasteiger partial charge < -0.3 is 10.6 Å². The van der Waals surface area contributed by atoms with Gasteiger partial charge in [-0.3, -0.25) is 9.36 Å². The molecule has 0 saturated heterocycles. The first-order chi connectivity index (χ1) is 15.1. The molecule has 0 spiro atoms. The SMILES string of the molecule is Cc1nc(Nc2ccc(NC(=O)c3nc4ccccc4s3)cc2)cc(-n2ccnc2)n1. The van der Waals surface area contributed by atoms with Crippen LogP contribution >= 0.6 is 11.3 Å². The average molecular weight is 427 g/mol. The molecule has 0 unspecified atom stereocenters. The second-order valence-electron chi connectivity index (χ2n) is 6.77. The number of anilines is 3. The summed E-state index contributed by atoms with van der Waals surface area (Å²) in [6.45, 7) is 1.84. The first-order valence-electron chi connectivity index (χ1n) is 9.52. The summed E-state index contributed by atoms with van der Waals surface area (Å²) in [5.74, 6) is 1.82. The molecule has 0 bridgehead atoms. The summed E-state index contributed by atoms with van der Waals surface area (Å²) >= 11 is 1.37. The standard InChI is InChI=1S/C22H17N7OS/c1-14-24-19(12-20(25-14)29-11-10-23-13-29)26-15-6-8-16(9-7-15)27-21(30)22-28-17-4-2-3-5-18(17)31-22/h2-13H,1H3,(H,27,30)(H,24,25,26). The molecule has 2 aromatic carbocycles. The van der Waals surface area contributed by atoms with Crippen LogP contribution in [0.4, 0.5) is 17.2 Å². The number of nitrogens with one attached hydrogen (secondary N) is 2. The normalized spacial score (nSPS) is 10.9. The van der Waals surface area contributed by atoms with Crippen LogP contribution in [0.25, 0.3) is 16.0 Å². The number of imidazole rings is 1. The van der Waals surface area contributed by atoms with Crippen molar-refractivity contribution in [2.45, 2.75) is 6.92 Å². The van der Waals surface area contributed by atoms with Crippen molar-refractivity contribution in [2.24, 2.45) is 0 Å². The Hall–Kier alpha value is -4.11. The highest BCUT2D eigenvalue weighted by Crippen LogP contribution is 2.23. The minimum atomic E-state index is -0.224. The van der Waals surface area contributed by atoms with Gasteiger partial charge in [-0.15, -0.1) is 11.3 Å². The van der Waals surface area contributed by atoms with Crippen LogP contribution in [-0.4, -0.2) is 30.4 Å². The summed E-state index contributed by atoms with van der Waals surface area (Å²) < 4.78 is 2.81. The van der Waals surface area contributed by atoms with Gasteiger partial charge >= 0.3 is 0 Å². The van der Waals surface area contributed by atoms with E-state index in [1.54, 1.807) is 12.5 Å². The second-order valence-corrected chi connectivity index (χ2v) is 7.80. The molecule has 1 amide bonds. The van der Waals surface area contributed by atoms with Crippen LogP contribution in [-0.2, 0) is 0 Å². The number of aryl methyl sites for hydroxylation is 1. The number of hydrogen-bond acceptors (Lipinski definition) is 7. The first kappa shape index (κ1) is 18.9. The van der Waals surface area contributed by atoms with Gasteiger partial charge in [0.05, 0.1) is 10.2 Å². The van der Waals surface area contributed by atoms with Crippen molar-refractivity contribution in [3.8, 4) is 5.82 Å². The number of nitrogens with zero attached hydrogens (tertiary/aromatic N) is 5. The van der Waals surface area contributed by atoms with Crippen molar-refractivity contribution in [1.82, 2.24) is 24.5 Å². The minimum absolute atomic E-state index is 0.224. The molecule has 0 saturated carbocycles. The van der Waals surface area contributed by atoms with Crippen LogP contribution in [0.15, 0.2) is 73.3 Å². The van der Waals surface area contributed by atoms with Crippen molar-refractivity contribution in [1.29, 1.82) is 0 Å². The highest BCUT2D eigenvalue weighted by molar-refractivity contribution is 7.20. The fraction of sp³-hybridized carbons (Fsp3) is 0.0455. The van der Waals surface area contributed by atoms with Crippen molar-refractivity contribution >= 4 is 44.7 Å². The van der Waals surface area contributed by atoms with E-state index in [9.17, 15) is 4.79 Å². The highest BCUT2D eigenvalue weighted by atomic mass is 32.1. The largest absolute Gasteiger partial charge is 0.340 e. The third-order valence-corrected chi connectivity index (χ3v) is 5.53. The van der Waals surface area contributed by atoms with E-state index in [1.165, 1.54) is 11.3 Å². The van der Waals surface area contributed by atoms with Gasteiger partial charge in [0.25, 0.3) is 5.91 Å². The fourth-order valence-corrected chi connectivity index (χ4v) is 3.94. The van der Waals surface area contributed by atoms with E-state index in [2.05, 4.69) is 30.6 Å². The lowest BCUT2D eigenvalue weighted by Gasteiger charge is -2.10. The number of aromatic nitrogens is 5. The summed E-state index contributed by atoms with van der Waals surface area (Å²) in [5.41, 5.74) is 2.35. The number of amides is 1. The summed E-state index contributed by atoms with van der Waals surface area (Å²) in [5, 5.41) is 6.60. The Kier molecular flexibility index (Phi) is 4.85. The zero-order valence-electron chi connectivity index (χ0n) is 16.5. The predicted octanol–water partition coefficient (Wildman–Crippen LogP) is 4.58.